The molecule has 19 heavy (non-hydrogen) atoms. The second-order valence-electron chi connectivity index (χ2n) is 5.26. The van der Waals surface area contributed by atoms with E-state index in [4.69, 9.17) is 0 Å². The summed E-state index contributed by atoms with van der Waals surface area (Å²) >= 11 is 0. The van der Waals surface area contributed by atoms with E-state index in [-0.39, 0.29) is 0 Å². The van der Waals surface area contributed by atoms with Crippen molar-refractivity contribution in [1.29, 1.82) is 0 Å². The van der Waals surface area contributed by atoms with Gasteiger partial charge in [-0.05, 0) is 36.6 Å². The molecule has 0 fully saturated rings. The summed E-state index contributed by atoms with van der Waals surface area (Å²) in [5, 5.41) is 4.83. The number of hydrogen-bond acceptors (Lipinski definition) is 2. The predicted molar refractivity (Wildman–Crippen MR) is 81.1 cm³/mol. The Morgan fingerprint density at radius 2 is 2.26 bits per heavy atom. The molecule has 0 spiro atoms. The lowest BCUT2D eigenvalue weighted by Crippen LogP contribution is -2.22. The summed E-state index contributed by atoms with van der Waals surface area (Å²) in [7, 11) is 0. The van der Waals surface area contributed by atoms with E-state index < -0.39 is 0 Å². The average Bonchev–Trinajstić information content (AvgIpc) is 2.86. The van der Waals surface area contributed by atoms with E-state index in [2.05, 4.69) is 41.4 Å². The average molecular weight is 259 g/mol. The van der Waals surface area contributed by atoms with Gasteiger partial charge in [-0.3, -0.25) is 0 Å². The molecule has 2 aromatic heterocycles. The largest absolute Gasteiger partial charge is 0.346 e. The van der Waals surface area contributed by atoms with Crippen molar-refractivity contribution in [3.8, 4) is 0 Å². The fourth-order valence-corrected chi connectivity index (χ4v) is 2.51. The van der Waals surface area contributed by atoms with Crippen LogP contribution in [0.4, 0.5) is 0 Å². The molecule has 2 rings (SSSR count). The number of hydrogen-bond donors (Lipinski definition) is 2. The number of rotatable bonds is 8. The molecular formula is C16H25N3. The Kier molecular flexibility index (Phi) is 5.40. The van der Waals surface area contributed by atoms with Crippen molar-refractivity contribution in [3.63, 3.8) is 0 Å². The highest BCUT2D eigenvalue weighted by Crippen LogP contribution is 2.16. The number of H-pyrrole nitrogens is 1. The minimum atomic E-state index is 0.809. The summed E-state index contributed by atoms with van der Waals surface area (Å²) in [6.45, 7) is 6.59. The normalized spacial score (nSPS) is 12.9. The number of fused-ring (bicyclic) bond motifs is 1. The minimum absolute atomic E-state index is 0.809. The number of pyridine rings is 1. The Bertz CT molecular complexity index is 489. The third-order valence-corrected chi connectivity index (χ3v) is 3.83. The van der Waals surface area contributed by atoms with Crippen molar-refractivity contribution >= 4 is 11.0 Å². The molecule has 0 saturated carbocycles. The summed E-state index contributed by atoms with van der Waals surface area (Å²) in [5.41, 5.74) is 2.30. The van der Waals surface area contributed by atoms with Crippen LogP contribution >= 0.6 is 0 Å². The van der Waals surface area contributed by atoms with E-state index in [9.17, 15) is 0 Å². The molecule has 2 aromatic rings. The first-order valence-electron chi connectivity index (χ1n) is 7.46. The van der Waals surface area contributed by atoms with Crippen LogP contribution in [0, 0.1) is 5.92 Å². The van der Waals surface area contributed by atoms with Crippen LogP contribution < -0.4 is 5.32 Å². The quantitative estimate of drug-likeness (QED) is 0.755. The van der Waals surface area contributed by atoms with E-state index in [1.54, 1.807) is 0 Å². The van der Waals surface area contributed by atoms with E-state index in [0.29, 0.717) is 0 Å². The van der Waals surface area contributed by atoms with Crippen LogP contribution in [-0.4, -0.2) is 16.5 Å². The zero-order chi connectivity index (χ0) is 13.5. The summed E-state index contributed by atoms with van der Waals surface area (Å²) in [6, 6.07) is 4.13. The molecule has 1 unspecified atom stereocenters. The van der Waals surface area contributed by atoms with Crippen LogP contribution in [0.2, 0.25) is 0 Å². The van der Waals surface area contributed by atoms with Crippen molar-refractivity contribution in [1.82, 2.24) is 15.3 Å². The Balaban J connectivity index is 1.85. The Labute approximate surface area is 115 Å². The van der Waals surface area contributed by atoms with Gasteiger partial charge in [0.15, 0.2) is 0 Å². The minimum Gasteiger partial charge on any atom is -0.346 e. The molecule has 0 bridgehead atoms. The molecule has 104 valence electrons. The van der Waals surface area contributed by atoms with Crippen LogP contribution in [0.3, 0.4) is 0 Å². The molecule has 0 aliphatic carbocycles. The molecule has 2 N–H and O–H groups in total. The lowest BCUT2D eigenvalue weighted by Gasteiger charge is -2.15. The number of aromatic amines is 1. The van der Waals surface area contributed by atoms with Gasteiger partial charge in [0.2, 0.25) is 0 Å². The maximum atomic E-state index is 4.32. The highest BCUT2D eigenvalue weighted by molar-refractivity contribution is 5.79. The third-order valence-electron chi connectivity index (χ3n) is 3.83. The predicted octanol–water partition coefficient (Wildman–Crippen LogP) is 3.87. The van der Waals surface area contributed by atoms with Crippen molar-refractivity contribution in [2.24, 2.45) is 5.92 Å². The maximum Gasteiger partial charge on any atom is 0.137 e. The monoisotopic (exact) mass is 259 g/mol. The van der Waals surface area contributed by atoms with Crippen LogP contribution in [0.25, 0.3) is 11.0 Å². The molecule has 0 aromatic carbocycles. The fourth-order valence-electron chi connectivity index (χ4n) is 2.51. The van der Waals surface area contributed by atoms with Crippen molar-refractivity contribution in [3.05, 3.63) is 30.1 Å². The van der Waals surface area contributed by atoms with E-state index in [1.807, 2.05) is 12.3 Å². The number of nitrogens with zero attached hydrogens (tertiary/aromatic N) is 1. The molecule has 0 aliphatic heterocycles. The second-order valence-corrected chi connectivity index (χ2v) is 5.26. The van der Waals surface area contributed by atoms with Crippen LogP contribution in [0.15, 0.2) is 24.5 Å². The van der Waals surface area contributed by atoms with Gasteiger partial charge < -0.3 is 10.3 Å². The zero-order valence-electron chi connectivity index (χ0n) is 12.1. The molecule has 0 aliphatic rings. The summed E-state index contributed by atoms with van der Waals surface area (Å²) in [4.78, 5) is 7.54. The Morgan fingerprint density at radius 1 is 1.37 bits per heavy atom. The van der Waals surface area contributed by atoms with Gasteiger partial charge in [-0.25, -0.2) is 4.98 Å². The number of nitrogens with one attached hydrogen (secondary N) is 2. The van der Waals surface area contributed by atoms with Gasteiger partial charge in [-0.1, -0.05) is 33.1 Å². The Morgan fingerprint density at radius 3 is 3.05 bits per heavy atom. The summed E-state index contributed by atoms with van der Waals surface area (Å²) < 4.78 is 0. The molecule has 1 atom stereocenters. The van der Waals surface area contributed by atoms with Gasteiger partial charge in [-0.2, -0.15) is 0 Å². The molecular weight excluding hydrogens is 234 g/mol. The van der Waals surface area contributed by atoms with Crippen LogP contribution in [0.5, 0.6) is 0 Å². The smallest absolute Gasteiger partial charge is 0.137 e. The molecule has 3 nitrogen and oxygen atoms in total. The van der Waals surface area contributed by atoms with E-state index in [0.717, 1.165) is 24.7 Å². The lowest BCUT2D eigenvalue weighted by molar-refractivity contribution is 0.419. The first-order valence-corrected chi connectivity index (χ1v) is 7.46. The SMILES string of the molecule is CCCCC(CC)CNCc1c[nH]c2ncccc12. The standard InChI is InChI=1S/C16H25N3/c1-3-5-7-13(4-2)10-17-11-14-12-19-16-15(14)8-6-9-18-16/h6,8-9,12-13,17H,3-5,7,10-11H2,1-2H3,(H,18,19). The van der Waals surface area contributed by atoms with Crippen molar-refractivity contribution in [2.75, 3.05) is 6.54 Å². The van der Waals surface area contributed by atoms with Gasteiger partial charge in [0.1, 0.15) is 5.65 Å². The first-order chi connectivity index (χ1) is 9.35. The maximum absolute atomic E-state index is 4.32. The zero-order valence-corrected chi connectivity index (χ0v) is 12.1. The second kappa shape index (κ2) is 7.29. The van der Waals surface area contributed by atoms with Gasteiger partial charge >= 0.3 is 0 Å². The first kappa shape index (κ1) is 14.1. The number of aromatic nitrogens is 2. The van der Waals surface area contributed by atoms with Crippen LogP contribution in [0.1, 0.15) is 45.1 Å². The number of unbranched alkanes of at least 4 members (excludes halogenated alkanes) is 1. The van der Waals surface area contributed by atoms with Crippen molar-refractivity contribution in [2.45, 2.75) is 46.1 Å². The van der Waals surface area contributed by atoms with Gasteiger partial charge in [0.05, 0.1) is 0 Å². The Hall–Kier alpha value is -1.35. The molecule has 0 saturated heterocycles. The van der Waals surface area contributed by atoms with Gasteiger partial charge in [0.25, 0.3) is 0 Å². The van der Waals surface area contributed by atoms with Gasteiger partial charge in [0, 0.05) is 24.3 Å². The highest BCUT2D eigenvalue weighted by atomic mass is 14.9. The molecule has 3 heteroatoms. The third kappa shape index (κ3) is 3.80. The van der Waals surface area contributed by atoms with Crippen LogP contribution in [-0.2, 0) is 6.54 Å². The molecule has 2 heterocycles. The highest BCUT2D eigenvalue weighted by Gasteiger charge is 2.07. The summed E-state index contributed by atoms with van der Waals surface area (Å²) in [5.74, 6) is 0.809. The molecule has 0 amide bonds. The topological polar surface area (TPSA) is 40.7 Å². The van der Waals surface area contributed by atoms with E-state index >= 15 is 0 Å². The lowest BCUT2D eigenvalue weighted by atomic mass is 9.99. The molecule has 0 radical (unpaired) electrons. The van der Waals surface area contributed by atoms with E-state index in [1.165, 1.54) is 36.6 Å². The van der Waals surface area contributed by atoms with Gasteiger partial charge in [-0.15, -0.1) is 0 Å². The fraction of sp³-hybridized carbons (Fsp3) is 0.562. The summed E-state index contributed by atoms with van der Waals surface area (Å²) in [6.07, 6.45) is 9.14. The van der Waals surface area contributed by atoms with Crippen molar-refractivity contribution < 1.29 is 0 Å².